The Morgan fingerprint density at radius 1 is 1.14 bits per heavy atom. The van der Waals surface area contributed by atoms with Crippen molar-refractivity contribution < 1.29 is 30.1 Å². The normalized spacial score (nSPS) is 14.0. The molecule has 0 spiro atoms. The van der Waals surface area contributed by atoms with E-state index in [0.29, 0.717) is 0 Å². The van der Waals surface area contributed by atoms with Crippen LogP contribution in [0.15, 0.2) is 24.5 Å². The summed E-state index contributed by atoms with van der Waals surface area (Å²) in [7, 11) is 0. The number of quaternary nitrogens is 1. The lowest BCUT2D eigenvalue weighted by Crippen LogP contribution is -2.89. The van der Waals surface area contributed by atoms with Crippen molar-refractivity contribution >= 4 is 11.9 Å². The number of hydrogen-bond acceptors (Lipinski definition) is 5. The van der Waals surface area contributed by atoms with E-state index in [1.165, 1.54) is 31.7 Å². The summed E-state index contributed by atoms with van der Waals surface area (Å²) in [6, 6.07) is 4.30. The Morgan fingerprint density at radius 2 is 1.57 bits per heavy atom. The van der Waals surface area contributed by atoms with E-state index in [0.717, 1.165) is 20.4 Å². The van der Waals surface area contributed by atoms with Crippen LogP contribution in [-0.2, 0) is 16.1 Å². The molecule has 0 amide bonds. The molecule has 7 nitrogen and oxygen atoms in total. The summed E-state index contributed by atoms with van der Waals surface area (Å²) >= 11 is 0. The number of nitrogens with one attached hydrogen (secondary N) is 1. The van der Waals surface area contributed by atoms with E-state index >= 15 is 0 Å². The number of rotatable bonds is 2. The van der Waals surface area contributed by atoms with Crippen molar-refractivity contribution in [1.29, 1.82) is 0 Å². The van der Waals surface area contributed by atoms with Gasteiger partial charge < -0.3 is 25.1 Å². The molecule has 0 bridgehead atoms. The van der Waals surface area contributed by atoms with Gasteiger partial charge in [0, 0.05) is 43.7 Å². The molecule has 0 saturated carbocycles. The molecule has 1 aliphatic rings. The monoisotopic (exact) mass is 297 g/mol. The Kier molecular flexibility index (Phi) is 10.7. The zero-order valence-corrected chi connectivity index (χ0v) is 12.5. The Bertz CT molecular complexity index is 386. The van der Waals surface area contributed by atoms with E-state index in [4.69, 9.17) is 19.8 Å². The number of H-pyrrole nitrogens is 1. The third-order valence-corrected chi connectivity index (χ3v) is 2.49. The predicted molar refractivity (Wildman–Crippen MR) is 71.3 cm³/mol. The molecule has 0 aromatic carbocycles. The molecule has 118 valence electrons. The highest BCUT2D eigenvalue weighted by atomic mass is 16.4. The molecule has 1 aromatic rings. The molecule has 2 rings (SSSR count). The van der Waals surface area contributed by atoms with Crippen LogP contribution in [0, 0.1) is 0 Å². The van der Waals surface area contributed by atoms with Gasteiger partial charge in [0.05, 0.1) is 13.1 Å². The van der Waals surface area contributed by atoms with Crippen LogP contribution in [0.5, 0.6) is 0 Å². The molecule has 7 heteroatoms. The first-order valence-corrected chi connectivity index (χ1v) is 6.76. The molecule has 1 aliphatic heterocycles. The highest BCUT2D eigenvalue weighted by molar-refractivity contribution is 5.60. The number of nitrogens with two attached hydrogens (primary N) is 1. The van der Waals surface area contributed by atoms with Gasteiger partial charge in [0.25, 0.3) is 0 Å². The maximum atomic E-state index is 8.89. The van der Waals surface area contributed by atoms with E-state index in [1.54, 1.807) is 0 Å². The second-order valence-corrected chi connectivity index (χ2v) is 4.53. The number of carbonyl (C=O) groups excluding carboxylic acids is 2. The average molecular weight is 297 g/mol. The van der Waals surface area contributed by atoms with Crippen molar-refractivity contribution in [3.63, 3.8) is 0 Å². The molecule has 1 fully saturated rings. The summed E-state index contributed by atoms with van der Waals surface area (Å²) in [6.45, 7) is 7.98. The Labute approximate surface area is 124 Å². The number of carbonyl (C=O) groups is 2. The van der Waals surface area contributed by atoms with Crippen LogP contribution in [0.2, 0.25) is 0 Å². The van der Waals surface area contributed by atoms with E-state index in [1.807, 2.05) is 12.4 Å². The summed E-state index contributed by atoms with van der Waals surface area (Å²) < 4.78 is 0. The third kappa shape index (κ3) is 14.2. The Balaban J connectivity index is 0.000000421. The van der Waals surface area contributed by atoms with Gasteiger partial charge in [-0.3, -0.25) is 4.90 Å². The van der Waals surface area contributed by atoms with E-state index in [-0.39, 0.29) is 0 Å². The van der Waals surface area contributed by atoms with E-state index in [9.17, 15) is 0 Å². The number of hydrogen-bond donors (Lipinski definition) is 1. The van der Waals surface area contributed by atoms with Gasteiger partial charge in [-0.25, -0.2) is 4.98 Å². The average Bonchev–Trinajstić information content (AvgIpc) is 2.40. The predicted octanol–water partition coefficient (Wildman–Crippen LogP) is -3.61. The van der Waals surface area contributed by atoms with Gasteiger partial charge in [-0.15, -0.1) is 0 Å². The number of carboxylic acids is 2. The second kappa shape index (κ2) is 11.8. The first kappa shape index (κ1) is 19.0. The summed E-state index contributed by atoms with van der Waals surface area (Å²) in [5, 5.41) is 20.2. The zero-order valence-electron chi connectivity index (χ0n) is 12.5. The smallest absolute Gasteiger partial charge is 0.167 e. The first-order valence-electron chi connectivity index (χ1n) is 6.76. The van der Waals surface area contributed by atoms with Crippen LogP contribution >= 0.6 is 0 Å². The second-order valence-electron chi connectivity index (χ2n) is 4.53. The van der Waals surface area contributed by atoms with Crippen LogP contribution in [0.25, 0.3) is 0 Å². The molecular weight excluding hydrogens is 274 g/mol. The summed E-state index contributed by atoms with van der Waals surface area (Å²) in [6.07, 6.45) is 3.98. The van der Waals surface area contributed by atoms with Gasteiger partial charge >= 0.3 is 0 Å². The van der Waals surface area contributed by atoms with Crippen molar-refractivity contribution in [2.75, 3.05) is 26.2 Å². The van der Waals surface area contributed by atoms with Crippen LogP contribution in [0.3, 0.4) is 0 Å². The largest absolute Gasteiger partial charge is 0.550 e. The van der Waals surface area contributed by atoms with Crippen molar-refractivity contribution in [3.8, 4) is 0 Å². The highest BCUT2D eigenvalue weighted by Crippen LogP contribution is 2.01. The summed E-state index contributed by atoms with van der Waals surface area (Å²) in [4.78, 5) is 23.3. The molecule has 21 heavy (non-hydrogen) atoms. The third-order valence-electron chi connectivity index (χ3n) is 2.49. The lowest BCUT2D eigenvalue weighted by Gasteiger charge is -2.24. The molecule has 2 heterocycles. The SMILES string of the molecule is CC(=O)[O-].CC(=O)[O-].c1cc(CN2CC[NH2+]CC2)cc[nH+]1. The first-order chi connectivity index (χ1) is 9.91. The lowest BCUT2D eigenvalue weighted by molar-refractivity contribution is -0.663. The van der Waals surface area contributed by atoms with Crippen LogP contribution in [0.4, 0.5) is 0 Å². The molecule has 3 N–H and O–H groups in total. The molecule has 0 aliphatic carbocycles. The molecule has 0 atom stereocenters. The molecule has 0 unspecified atom stereocenters. The highest BCUT2D eigenvalue weighted by Gasteiger charge is 2.11. The fraction of sp³-hybridized carbons (Fsp3) is 0.500. The van der Waals surface area contributed by atoms with Crippen molar-refractivity contribution in [1.82, 2.24) is 4.90 Å². The van der Waals surface area contributed by atoms with E-state index < -0.39 is 11.9 Å². The number of pyridine rings is 1. The quantitative estimate of drug-likeness (QED) is 0.605. The van der Waals surface area contributed by atoms with Crippen molar-refractivity contribution in [2.24, 2.45) is 0 Å². The zero-order chi connectivity index (χ0) is 16.1. The molecule has 0 radical (unpaired) electrons. The van der Waals surface area contributed by atoms with Crippen molar-refractivity contribution in [2.45, 2.75) is 20.4 Å². The minimum Gasteiger partial charge on any atom is -0.550 e. The summed E-state index contributed by atoms with van der Waals surface area (Å²) in [5.41, 5.74) is 1.40. The van der Waals surface area contributed by atoms with Gasteiger partial charge in [-0.05, 0) is 19.4 Å². The minimum absolute atomic E-state index is 0.972. The van der Waals surface area contributed by atoms with Crippen LogP contribution in [-0.4, -0.2) is 43.0 Å². The van der Waals surface area contributed by atoms with Gasteiger partial charge in [0.1, 0.15) is 0 Å². The topological polar surface area (TPSA) is 114 Å². The number of aromatic nitrogens is 1. The standard InChI is InChI=1S/C10H15N3.2C2H4O2/c1-3-11-4-2-10(1)9-13-7-5-12-6-8-13;2*1-2(3)4/h1-4,12H,5-9H2;2*1H3,(H,3,4). The summed E-state index contributed by atoms with van der Waals surface area (Å²) in [5.74, 6) is -2.17. The maximum Gasteiger partial charge on any atom is 0.167 e. The van der Waals surface area contributed by atoms with Crippen LogP contribution in [0.1, 0.15) is 19.4 Å². The Morgan fingerprint density at radius 3 is 2.00 bits per heavy atom. The number of carboxylic acid groups (broad SMARTS) is 2. The van der Waals surface area contributed by atoms with Crippen molar-refractivity contribution in [3.05, 3.63) is 30.1 Å². The fourth-order valence-corrected chi connectivity index (χ4v) is 1.75. The number of aromatic amines is 1. The van der Waals surface area contributed by atoms with Gasteiger partial charge in [-0.1, -0.05) is 0 Å². The van der Waals surface area contributed by atoms with Crippen LogP contribution < -0.4 is 20.5 Å². The fourth-order valence-electron chi connectivity index (χ4n) is 1.75. The minimum atomic E-state index is -1.08. The van der Waals surface area contributed by atoms with Gasteiger partial charge in [-0.2, -0.15) is 0 Å². The van der Waals surface area contributed by atoms with Gasteiger partial charge in [0.15, 0.2) is 12.4 Å². The molecule has 1 saturated heterocycles. The number of nitrogens with zero attached hydrogens (tertiary/aromatic N) is 1. The maximum absolute atomic E-state index is 8.89. The molecular formula is C14H23N3O4. The van der Waals surface area contributed by atoms with Gasteiger partial charge in [0.2, 0.25) is 0 Å². The Hall–Kier alpha value is -1.99. The lowest BCUT2D eigenvalue weighted by atomic mass is 10.2. The van der Waals surface area contributed by atoms with E-state index in [2.05, 4.69) is 27.3 Å². The number of piperazine rings is 1. The molecule has 1 aromatic heterocycles. The number of aliphatic carboxylic acids is 2.